The number of hydrogen-bond acceptors (Lipinski definition) is 3. The maximum Gasteiger partial charge on any atom is 0.138 e. The molecule has 1 saturated heterocycles. The van der Waals surface area contributed by atoms with Gasteiger partial charge in [0.05, 0.1) is 6.20 Å². The highest BCUT2D eigenvalue weighted by Crippen LogP contribution is 2.40. The molecule has 0 radical (unpaired) electrons. The molecule has 0 amide bonds. The zero-order valence-electron chi connectivity index (χ0n) is 13.0. The van der Waals surface area contributed by atoms with Crippen LogP contribution in [0.3, 0.4) is 0 Å². The number of nitrogens with zero attached hydrogens (tertiary/aromatic N) is 2. The quantitative estimate of drug-likeness (QED) is 0.864. The molecule has 3 atom stereocenters. The van der Waals surface area contributed by atoms with Gasteiger partial charge in [-0.25, -0.2) is 0 Å². The van der Waals surface area contributed by atoms with Crippen LogP contribution < -0.4 is 4.74 Å². The van der Waals surface area contributed by atoms with Gasteiger partial charge in [-0.2, -0.15) is 0 Å². The van der Waals surface area contributed by atoms with E-state index in [2.05, 4.69) is 41.1 Å². The van der Waals surface area contributed by atoms with Crippen LogP contribution in [0.15, 0.2) is 48.8 Å². The average molecular weight is 294 g/mol. The fourth-order valence-corrected chi connectivity index (χ4v) is 3.91. The van der Waals surface area contributed by atoms with Crippen molar-refractivity contribution < 1.29 is 4.74 Å². The van der Waals surface area contributed by atoms with Gasteiger partial charge in [-0.05, 0) is 37.5 Å². The van der Waals surface area contributed by atoms with Crippen molar-refractivity contribution in [2.45, 2.75) is 38.5 Å². The van der Waals surface area contributed by atoms with E-state index in [4.69, 9.17) is 4.74 Å². The molecule has 3 nitrogen and oxygen atoms in total. The molecule has 0 unspecified atom stereocenters. The molecule has 1 aliphatic carbocycles. The van der Waals surface area contributed by atoms with E-state index in [1.54, 1.807) is 6.20 Å². The maximum atomic E-state index is 6.25. The van der Waals surface area contributed by atoms with Crippen LogP contribution in [0.5, 0.6) is 5.75 Å². The highest BCUT2D eigenvalue weighted by molar-refractivity contribution is 5.22. The summed E-state index contributed by atoms with van der Waals surface area (Å²) in [6.45, 7) is 4.33. The molecular formula is C19H22N2O. The molecule has 1 aromatic carbocycles. The second-order valence-corrected chi connectivity index (χ2v) is 6.59. The van der Waals surface area contributed by atoms with Gasteiger partial charge < -0.3 is 4.74 Å². The molecule has 4 rings (SSSR count). The minimum Gasteiger partial charge on any atom is -0.487 e. The van der Waals surface area contributed by atoms with Crippen LogP contribution in [0, 0.1) is 12.8 Å². The number of likely N-dealkylation sites (tertiary alicyclic amines) is 1. The van der Waals surface area contributed by atoms with E-state index in [0.717, 1.165) is 18.8 Å². The van der Waals surface area contributed by atoms with Crippen LogP contribution in [0.4, 0.5) is 0 Å². The van der Waals surface area contributed by atoms with E-state index >= 15 is 0 Å². The van der Waals surface area contributed by atoms with E-state index in [9.17, 15) is 0 Å². The molecule has 0 N–H and O–H groups in total. The first kappa shape index (κ1) is 13.8. The van der Waals surface area contributed by atoms with Crippen molar-refractivity contribution in [3.63, 3.8) is 0 Å². The second kappa shape index (κ2) is 5.73. The summed E-state index contributed by atoms with van der Waals surface area (Å²) in [5.41, 5.74) is 2.72. The number of pyridine rings is 1. The van der Waals surface area contributed by atoms with Crippen molar-refractivity contribution in [3.8, 4) is 5.75 Å². The highest BCUT2D eigenvalue weighted by atomic mass is 16.5. The predicted molar refractivity (Wildman–Crippen MR) is 86.8 cm³/mol. The Hall–Kier alpha value is -1.87. The summed E-state index contributed by atoms with van der Waals surface area (Å²) in [6, 6.07) is 13.4. The van der Waals surface area contributed by atoms with Gasteiger partial charge in [-0.3, -0.25) is 9.88 Å². The Balaban J connectivity index is 1.45. The Bertz CT molecular complexity index is 626. The summed E-state index contributed by atoms with van der Waals surface area (Å²) in [7, 11) is 0. The van der Waals surface area contributed by atoms with Crippen LogP contribution in [0.25, 0.3) is 0 Å². The van der Waals surface area contributed by atoms with Gasteiger partial charge in [0.1, 0.15) is 11.9 Å². The van der Waals surface area contributed by atoms with Crippen LogP contribution in [0.2, 0.25) is 0 Å². The van der Waals surface area contributed by atoms with E-state index in [1.807, 2.05) is 18.3 Å². The third kappa shape index (κ3) is 2.61. The Kier molecular flexibility index (Phi) is 3.59. The largest absolute Gasteiger partial charge is 0.487 e. The molecule has 1 aliphatic heterocycles. The zero-order chi connectivity index (χ0) is 14.9. The Labute approximate surface area is 131 Å². The normalized spacial score (nSPS) is 27.2. The van der Waals surface area contributed by atoms with E-state index in [1.165, 1.54) is 24.0 Å². The van der Waals surface area contributed by atoms with E-state index in [0.29, 0.717) is 18.1 Å². The predicted octanol–water partition coefficient (Wildman–Crippen LogP) is 3.43. The fourth-order valence-electron chi connectivity index (χ4n) is 3.91. The molecule has 2 fully saturated rings. The monoisotopic (exact) mass is 294 g/mol. The molecular weight excluding hydrogens is 272 g/mol. The standard InChI is InChI=1S/C19H22N2O/c1-14-4-6-15(7-5-14)12-21-13-16-8-9-18(21)19(16)22-17-3-2-10-20-11-17/h2-7,10-11,16,18-19H,8-9,12-13H2,1H3/t16-,18+,19+/m1/s1. The van der Waals surface area contributed by atoms with Crippen molar-refractivity contribution >= 4 is 0 Å². The van der Waals surface area contributed by atoms with Crippen molar-refractivity contribution in [2.24, 2.45) is 5.92 Å². The van der Waals surface area contributed by atoms with Crippen molar-refractivity contribution in [3.05, 3.63) is 59.9 Å². The summed E-state index contributed by atoms with van der Waals surface area (Å²) in [6.07, 6.45) is 6.48. The second-order valence-electron chi connectivity index (χ2n) is 6.59. The maximum absolute atomic E-state index is 6.25. The summed E-state index contributed by atoms with van der Waals surface area (Å²) < 4.78 is 6.25. The number of hydrogen-bond donors (Lipinski definition) is 0. The minimum absolute atomic E-state index is 0.328. The van der Waals surface area contributed by atoms with E-state index < -0.39 is 0 Å². The number of rotatable bonds is 4. The SMILES string of the molecule is Cc1ccc(CN2C[C@H]3CC[C@H]2[C@H]3Oc2cccnc2)cc1. The smallest absolute Gasteiger partial charge is 0.138 e. The molecule has 114 valence electrons. The number of aromatic nitrogens is 1. The van der Waals surface area contributed by atoms with Crippen LogP contribution in [-0.2, 0) is 6.54 Å². The summed E-state index contributed by atoms with van der Waals surface area (Å²) in [4.78, 5) is 6.75. The lowest BCUT2D eigenvalue weighted by Crippen LogP contribution is -2.35. The van der Waals surface area contributed by atoms with Crippen LogP contribution in [0.1, 0.15) is 24.0 Å². The molecule has 2 heterocycles. The molecule has 2 aliphatic rings. The number of aryl methyl sites for hydroxylation is 1. The van der Waals surface area contributed by atoms with Crippen molar-refractivity contribution in [2.75, 3.05) is 6.54 Å². The molecule has 1 aromatic heterocycles. The Morgan fingerprint density at radius 1 is 1.18 bits per heavy atom. The molecule has 1 saturated carbocycles. The minimum atomic E-state index is 0.328. The first-order valence-electron chi connectivity index (χ1n) is 8.16. The fraction of sp³-hybridized carbons (Fsp3) is 0.421. The molecule has 2 bridgehead atoms. The highest BCUT2D eigenvalue weighted by Gasteiger charge is 2.48. The topological polar surface area (TPSA) is 25.4 Å². The van der Waals surface area contributed by atoms with Crippen molar-refractivity contribution in [1.29, 1.82) is 0 Å². The van der Waals surface area contributed by atoms with Crippen LogP contribution >= 0.6 is 0 Å². The third-order valence-electron chi connectivity index (χ3n) is 5.03. The van der Waals surface area contributed by atoms with Gasteiger partial charge >= 0.3 is 0 Å². The van der Waals surface area contributed by atoms with Gasteiger partial charge in [-0.15, -0.1) is 0 Å². The van der Waals surface area contributed by atoms with Gasteiger partial charge in [-0.1, -0.05) is 29.8 Å². The number of benzene rings is 1. The first-order valence-corrected chi connectivity index (χ1v) is 8.16. The van der Waals surface area contributed by atoms with Gasteiger partial charge in [0.25, 0.3) is 0 Å². The molecule has 3 heteroatoms. The molecule has 22 heavy (non-hydrogen) atoms. The lowest BCUT2D eigenvalue weighted by molar-refractivity contribution is 0.141. The Morgan fingerprint density at radius 3 is 2.82 bits per heavy atom. The Morgan fingerprint density at radius 2 is 2.05 bits per heavy atom. The van der Waals surface area contributed by atoms with E-state index in [-0.39, 0.29) is 0 Å². The summed E-state index contributed by atoms with van der Waals surface area (Å²) in [5.74, 6) is 1.57. The number of piperidine rings is 1. The lowest BCUT2D eigenvalue weighted by atomic mass is 10.1. The number of fused-ring (bicyclic) bond motifs is 2. The summed E-state index contributed by atoms with van der Waals surface area (Å²) in [5, 5.41) is 0. The first-order chi connectivity index (χ1) is 10.8. The molecule has 2 aromatic rings. The third-order valence-corrected chi connectivity index (χ3v) is 5.03. The lowest BCUT2D eigenvalue weighted by Gasteiger charge is -2.27. The van der Waals surface area contributed by atoms with Gasteiger partial charge in [0, 0.05) is 31.2 Å². The van der Waals surface area contributed by atoms with Gasteiger partial charge in [0.15, 0.2) is 0 Å². The molecule has 0 spiro atoms. The zero-order valence-corrected chi connectivity index (χ0v) is 13.0. The average Bonchev–Trinajstić information content (AvgIpc) is 3.07. The van der Waals surface area contributed by atoms with Crippen molar-refractivity contribution in [1.82, 2.24) is 9.88 Å². The van der Waals surface area contributed by atoms with Crippen LogP contribution in [-0.4, -0.2) is 28.6 Å². The summed E-state index contributed by atoms with van der Waals surface area (Å²) >= 11 is 0. The van der Waals surface area contributed by atoms with Gasteiger partial charge in [0.2, 0.25) is 0 Å². The number of ether oxygens (including phenoxy) is 1.